The van der Waals surface area contributed by atoms with E-state index in [0.717, 1.165) is 34.8 Å². The summed E-state index contributed by atoms with van der Waals surface area (Å²) in [4.78, 5) is 17.4. The predicted molar refractivity (Wildman–Crippen MR) is 85.4 cm³/mol. The molecular formula is C16H13F6N3OS. The van der Waals surface area contributed by atoms with Crippen LogP contribution < -0.4 is 4.80 Å². The number of hydrogen-bond donors (Lipinski definition) is 0. The van der Waals surface area contributed by atoms with E-state index in [2.05, 4.69) is 4.99 Å². The van der Waals surface area contributed by atoms with Crippen molar-refractivity contribution in [3.63, 3.8) is 0 Å². The number of aromatic nitrogens is 1. The second-order valence-corrected chi connectivity index (χ2v) is 6.74. The lowest BCUT2D eigenvalue weighted by molar-refractivity contribution is -0.143. The van der Waals surface area contributed by atoms with Crippen LogP contribution in [0.25, 0.3) is 5.69 Å². The van der Waals surface area contributed by atoms with Gasteiger partial charge in [0.2, 0.25) is 0 Å². The molecule has 4 nitrogen and oxygen atoms in total. The fraction of sp³-hybridized carbons (Fsp3) is 0.375. The molecule has 0 N–H and O–H groups in total. The Morgan fingerprint density at radius 1 is 1.04 bits per heavy atom. The summed E-state index contributed by atoms with van der Waals surface area (Å²) in [5, 5.41) is 1.41. The van der Waals surface area contributed by atoms with Gasteiger partial charge in [-0.15, -0.1) is 11.3 Å². The minimum atomic E-state index is -5.01. The average molecular weight is 409 g/mol. The van der Waals surface area contributed by atoms with Gasteiger partial charge < -0.3 is 4.90 Å². The average Bonchev–Trinajstić information content (AvgIpc) is 3.24. The molecule has 0 radical (unpaired) electrons. The van der Waals surface area contributed by atoms with Crippen molar-refractivity contribution >= 4 is 17.4 Å². The standard InChI is InChI=1S/C16H13F6N3OS/c17-15(18,19)10-3-4-12(11(9-10)16(20,21)22)25-7-8-27-14(25)23-13(26)24-5-1-2-6-24/h3-4,7-9H,1-2,5-6H2/b23-14-. The van der Waals surface area contributed by atoms with Crippen LogP contribution in [0, 0.1) is 0 Å². The number of urea groups is 1. The predicted octanol–water partition coefficient (Wildman–Crippen LogP) is 4.69. The molecule has 1 aliphatic heterocycles. The number of thiazole rings is 1. The molecule has 1 aromatic carbocycles. The van der Waals surface area contributed by atoms with E-state index in [1.54, 1.807) is 0 Å². The molecule has 27 heavy (non-hydrogen) atoms. The van der Waals surface area contributed by atoms with Crippen molar-refractivity contribution in [1.82, 2.24) is 9.47 Å². The molecule has 1 fully saturated rings. The maximum absolute atomic E-state index is 13.4. The van der Waals surface area contributed by atoms with Gasteiger partial charge >= 0.3 is 18.4 Å². The Kier molecular flexibility index (Phi) is 5.06. The molecule has 1 saturated heterocycles. The second-order valence-electron chi connectivity index (χ2n) is 5.87. The zero-order chi connectivity index (χ0) is 19.8. The maximum atomic E-state index is 13.4. The summed E-state index contributed by atoms with van der Waals surface area (Å²) in [7, 11) is 0. The van der Waals surface area contributed by atoms with Gasteiger partial charge in [-0.3, -0.25) is 4.57 Å². The van der Waals surface area contributed by atoms with Gasteiger partial charge in [0.25, 0.3) is 0 Å². The number of rotatable bonds is 1. The quantitative estimate of drug-likeness (QED) is 0.630. The molecule has 2 heterocycles. The van der Waals surface area contributed by atoms with Crippen LogP contribution >= 0.6 is 11.3 Å². The van der Waals surface area contributed by atoms with Crippen molar-refractivity contribution in [2.24, 2.45) is 4.99 Å². The van der Waals surface area contributed by atoms with Gasteiger partial charge in [0.05, 0.1) is 16.8 Å². The first kappa shape index (κ1) is 19.5. The van der Waals surface area contributed by atoms with Crippen molar-refractivity contribution < 1.29 is 31.1 Å². The Morgan fingerprint density at radius 2 is 1.70 bits per heavy atom. The third-order valence-corrected chi connectivity index (χ3v) is 4.80. The number of nitrogens with zero attached hydrogens (tertiary/aromatic N) is 3. The minimum Gasteiger partial charge on any atom is -0.323 e. The number of amides is 2. The van der Waals surface area contributed by atoms with Gasteiger partial charge in [-0.05, 0) is 31.0 Å². The monoisotopic (exact) mass is 409 g/mol. The Labute approximate surface area is 153 Å². The lowest BCUT2D eigenvalue weighted by Gasteiger charge is -2.16. The molecule has 0 spiro atoms. The van der Waals surface area contributed by atoms with Crippen LogP contribution in [-0.4, -0.2) is 28.6 Å². The van der Waals surface area contributed by atoms with Gasteiger partial charge in [0, 0.05) is 24.7 Å². The van der Waals surface area contributed by atoms with Gasteiger partial charge in [-0.2, -0.15) is 31.3 Å². The van der Waals surface area contributed by atoms with E-state index in [9.17, 15) is 31.1 Å². The molecule has 1 aromatic heterocycles. The number of hydrogen-bond acceptors (Lipinski definition) is 2. The van der Waals surface area contributed by atoms with E-state index in [-0.39, 0.29) is 10.9 Å². The van der Waals surface area contributed by atoms with Crippen LogP contribution in [0.1, 0.15) is 24.0 Å². The van der Waals surface area contributed by atoms with Crippen LogP contribution in [0.2, 0.25) is 0 Å². The molecular weight excluding hydrogens is 396 g/mol. The smallest absolute Gasteiger partial charge is 0.323 e. The van der Waals surface area contributed by atoms with E-state index in [1.165, 1.54) is 16.5 Å². The first-order valence-electron chi connectivity index (χ1n) is 7.86. The highest BCUT2D eigenvalue weighted by molar-refractivity contribution is 7.07. The summed E-state index contributed by atoms with van der Waals surface area (Å²) < 4.78 is 79.5. The van der Waals surface area contributed by atoms with Crippen LogP contribution in [0.15, 0.2) is 34.8 Å². The van der Waals surface area contributed by atoms with E-state index in [4.69, 9.17) is 0 Å². The largest absolute Gasteiger partial charge is 0.418 e. The van der Waals surface area contributed by atoms with Gasteiger partial charge in [-0.1, -0.05) is 0 Å². The Bertz CT molecular complexity index is 906. The highest BCUT2D eigenvalue weighted by Crippen LogP contribution is 2.38. The van der Waals surface area contributed by atoms with E-state index in [0.29, 0.717) is 19.2 Å². The van der Waals surface area contributed by atoms with Crippen molar-refractivity contribution in [3.05, 3.63) is 45.7 Å². The van der Waals surface area contributed by atoms with Gasteiger partial charge in [-0.25, -0.2) is 4.79 Å². The maximum Gasteiger partial charge on any atom is 0.418 e. The fourth-order valence-corrected chi connectivity index (χ4v) is 3.45. The third-order valence-electron chi connectivity index (χ3n) is 4.05. The highest BCUT2D eigenvalue weighted by Gasteiger charge is 2.38. The molecule has 3 rings (SSSR count). The van der Waals surface area contributed by atoms with Crippen LogP contribution in [-0.2, 0) is 12.4 Å². The molecule has 2 aromatic rings. The van der Waals surface area contributed by atoms with Crippen molar-refractivity contribution in [3.8, 4) is 5.69 Å². The number of likely N-dealkylation sites (tertiary alicyclic amines) is 1. The minimum absolute atomic E-state index is 0.0443. The molecule has 0 unspecified atom stereocenters. The SMILES string of the molecule is O=C(/N=c1\sccn1-c1ccc(C(F)(F)F)cc1C(F)(F)F)N1CCCC1. The molecule has 0 aliphatic carbocycles. The molecule has 0 bridgehead atoms. The van der Waals surface area contributed by atoms with Crippen LogP contribution in [0.4, 0.5) is 31.1 Å². The lowest BCUT2D eigenvalue weighted by Crippen LogP contribution is -2.28. The number of carbonyl (C=O) groups is 1. The lowest BCUT2D eigenvalue weighted by atomic mass is 10.1. The van der Waals surface area contributed by atoms with Crippen molar-refractivity contribution in [1.29, 1.82) is 0 Å². The summed E-state index contributed by atoms with van der Waals surface area (Å²) in [5.74, 6) is 0. The molecule has 11 heteroatoms. The van der Waals surface area contributed by atoms with E-state index in [1.807, 2.05) is 0 Å². The Balaban J connectivity index is 2.10. The zero-order valence-corrected chi connectivity index (χ0v) is 14.5. The van der Waals surface area contributed by atoms with E-state index >= 15 is 0 Å². The normalized spacial score (nSPS) is 16.2. The third kappa shape index (κ3) is 4.18. The van der Waals surface area contributed by atoms with Gasteiger partial charge in [0.1, 0.15) is 0 Å². The summed E-state index contributed by atoms with van der Waals surface area (Å²) in [6, 6.07) is 0.787. The van der Waals surface area contributed by atoms with E-state index < -0.39 is 35.2 Å². The molecule has 1 aliphatic rings. The first-order chi connectivity index (χ1) is 12.6. The first-order valence-corrected chi connectivity index (χ1v) is 8.74. The number of carbonyl (C=O) groups excluding carboxylic acids is 1. The number of halogens is 6. The molecule has 2 amide bonds. The summed E-state index contributed by atoms with van der Waals surface area (Å²) in [6.45, 7) is 1.03. The van der Waals surface area contributed by atoms with Crippen molar-refractivity contribution in [2.45, 2.75) is 25.2 Å². The topological polar surface area (TPSA) is 37.6 Å². The molecule has 146 valence electrons. The Hall–Kier alpha value is -2.30. The summed E-state index contributed by atoms with van der Waals surface area (Å²) in [6.07, 6.45) is -7.04. The highest BCUT2D eigenvalue weighted by atomic mass is 32.1. The van der Waals surface area contributed by atoms with Gasteiger partial charge in [0.15, 0.2) is 4.80 Å². The molecule has 0 atom stereocenters. The zero-order valence-electron chi connectivity index (χ0n) is 13.6. The van der Waals surface area contributed by atoms with Crippen LogP contribution in [0.5, 0.6) is 0 Å². The fourth-order valence-electron chi connectivity index (χ4n) is 2.75. The van der Waals surface area contributed by atoms with Crippen LogP contribution in [0.3, 0.4) is 0 Å². The van der Waals surface area contributed by atoms with Crippen molar-refractivity contribution in [2.75, 3.05) is 13.1 Å². The second kappa shape index (κ2) is 7.02. The summed E-state index contributed by atoms with van der Waals surface area (Å²) >= 11 is 0.920. The summed E-state index contributed by atoms with van der Waals surface area (Å²) in [5.41, 5.74) is -3.38. The Morgan fingerprint density at radius 3 is 2.30 bits per heavy atom. The number of benzene rings is 1. The molecule has 0 saturated carbocycles. The number of alkyl halides is 6.